The largest absolute Gasteiger partial charge is 1.00 e. The fourth-order valence-corrected chi connectivity index (χ4v) is 3.65. The first-order chi connectivity index (χ1) is 13.9. The quantitative estimate of drug-likeness (QED) is 0.314. The van der Waals surface area contributed by atoms with Crippen molar-refractivity contribution in [1.82, 2.24) is 0 Å². The summed E-state index contributed by atoms with van der Waals surface area (Å²) in [5, 5.41) is 46.8. The van der Waals surface area contributed by atoms with Crippen LogP contribution in [0.2, 0.25) is 0 Å². The molecule has 2 N–H and O–H groups in total. The molecule has 0 amide bonds. The second-order valence-corrected chi connectivity index (χ2v) is 6.69. The molecule has 0 aliphatic carbocycles. The first-order valence-corrected chi connectivity index (χ1v) is 8.78. The van der Waals surface area contributed by atoms with E-state index in [1.807, 2.05) is 0 Å². The fourth-order valence-electron chi connectivity index (χ4n) is 3.65. The molecule has 0 fully saturated rings. The monoisotopic (exact) mass is 464 g/mol. The zero-order chi connectivity index (χ0) is 20.7. The Morgan fingerprint density at radius 1 is 0.677 bits per heavy atom. The number of hydrogen-bond acceptors (Lipinski definition) is 4. The van der Waals surface area contributed by atoms with E-state index in [0.717, 1.165) is 0 Å². The Morgan fingerprint density at radius 2 is 1.03 bits per heavy atom. The van der Waals surface area contributed by atoms with Gasteiger partial charge in [-0.25, -0.2) is 9.59 Å². The standard InChI is InChI=1S/C23H16O6.2K/c24-20-16(14-7-3-1-5-12(14)9-18(20)22(26)27)11-17-15-8-4-2-6-13(15)10-19(21(17)25)23(28)29;;/h1-10,24-25H,11H2,(H,26,27)(H,28,29);;/q;2*+1/p-2. The molecule has 6 nitrogen and oxygen atoms in total. The third-order valence-electron chi connectivity index (χ3n) is 5.02. The van der Waals surface area contributed by atoms with Gasteiger partial charge in [-0.05, 0) is 51.2 Å². The summed E-state index contributed by atoms with van der Waals surface area (Å²) in [6, 6.07) is 16.3. The fraction of sp³-hybridized carbons (Fsp3) is 0.0435. The Kier molecular flexibility index (Phi) is 9.29. The molecule has 0 aliphatic rings. The molecule has 0 heterocycles. The van der Waals surface area contributed by atoms with Gasteiger partial charge in [0.25, 0.3) is 0 Å². The minimum absolute atomic E-state index is 0. The Hall–Kier alpha value is -0.787. The van der Waals surface area contributed by atoms with Crippen molar-refractivity contribution in [1.29, 1.82) is 0 Å². The topological polar surface area (TPSA) is 121 Å². The van der Waals surface area contributed by atoms with E-state index in [-0.39, 0.29) is 131 Å². The van der Waals surface area contributed by atoms with Gasteiger partial charge in [0.05, 0.1) is 11.1 Å². The van der Waals surface area contributed by atoms with Crippen molar-refractivity contribution in [3.8, 4) is 11.5 Å². The van der Waals surface area contributed by atoms with Crippen molar-refractivity contribution in [3.63, 3.8) is 0 Å². The zero-order valence-corrected chi connectivity index (χ0v) is 23.3. The van der Waals surface area contributed by atoms with Crippen molar-refractivity contribution in [3.05, 3.63) is 82.9 Å². The van der Waals surface area contributed by atoms with Gasteiger partial charge in [-0.15, -0.1) is 0 Å². The van der Waals surface area contributed by atoms with E-state index in [9.17, 15) is 30.0 Å². The predicted octanol–water partition coefficient (Wildman–Crippen LogP) is -2.86. The van der Waals surface area contributed by atoms with Crippen molar-refractivity contribution in [2.24, 2.45) is 0 Å². The maximum absolute atomic E-state index is 12.9. The second kappa shape index (κ2) is 10.9. The van der Waals surface area contributed by atoms with Gasteiger partial charge in [0.2, 0.25) is 0 Å². The van der Waals surface area contributed by atoms with Gasteiger partial charge in [-0.1, -0.05) is 60.0 Å². The summed E-state index contributed by atoms with van der Waals surface area (Å²) < 4.78 is 0. The molecular formula is C23H14K2O6. The molecule has 0 aliphatic heterocycles. The smallest absolute Gasteiger partial charge is 0.872 e. The molecule has 0 spiro atoms. The van der Waals surface area contributed by atoms with E-state index in [4.69, 9.17) is 0 Å². The molecule has 0 unspecified atom stereocenters. The first kappa shape index (κ1) is 26.5. The van der Waals surface area contributed by atoms with E-state index >= 15 is 0 Å². The first-order valence-electron chi connectivity index (χ1n) is 8.78. The maximum Gasteiger partial charge on any atom is 1.00 e. The van der Waals surface area contributed by atoms with Crippen molar-refractivity contribution in [2.75, 3.05) is 0 Å². The Labute approximate surface area is 262 Å². The molecule has 8 heteroatoms. The number of carboxylic acid groups (broad SMARTS) is 2. The second-order valence-electron chi connectivity index (χ2n) is 6.69. The number of benzene rings is 4. The minimum atomic E-state index is -1.35. The number of carbonyl (C=O) groups is 2. The van der Waals surface area contributed by atoms with E-state index in [1.165, 1.54) is 12.1 Å². The van der Waals surface area contributed by atoms with Crippen LogP contribution in [0.4, 0.5) is 0 Å². The summed E-state index contributed by atoms with van der Waals surface area (Å²) >= 11 is 0. The summed E-state index contributed by atoms with van der Waals surface area (Å²) in [6.45, 7) is 0. The van der Waals surface area contributed by atoms with Crippen LogP contribution in [0.25, 0.3) is 21.5 Å². The molecule has 4 aromatic carbocycles. The number of aromatic carboxylic acids is 2. The molecule has 4 rings (SSSR count). The van der Waals surface area contributed by atoms with Crippen LogP contribution in [0.5, 0.6) is 11.5 Å². The Morgan fingerprint density at radius 3 is 1.39 bits per heavy atom. The van der Waals surface area contributed by atoms with Gasteiger partial charge >= 0.3 is 115 Å². The third kappa shape index (κ3) is 5.09. The third-order valence-corrected chi connectivity index (χ3v) is 5.02. The molecule has 0 saturated carbocycles. The number of hydrogen-bond donors (Lipinski definition) is 2. The minimum Gasteiger partial charge on any atom is -0.872 e. The molecule has 0 radical (unpaired) electrons. The predicted molar refractivity (Wildman–Crippen MR) is 104 cm³/mol. The average molecular weight is 465 g/mol. The normalized spacial score (nSPS) is 10.3. The van der Waals surface area contributed by atoms with Crippen LogP contribution in [-0.4, -0.2) is 22.2 Å². The van der Waals surface area contributed by atoms with Crippen LogP contribution >= 0.6 is 0 Å². The number of carboxylic acids is 2. The molecule has 0 aromatic heterocycles. The van der Waals surface area contributed by atoms with Crippen molar-refractivity contribution >= 4 is 33.5 Å². The van der Waals surface area contributed by atoms with Crippen LogP contribution in [0.15, 0.2) is 60.7 Å². The average Bonchev–Trinajstić information content (AvgIpc) is 2.70. The SMILES string of the molecule is O=C(O)c1cc2ccccc2c(Cc2c([O-])c(C(=O)O)cc3ccccc23)c1[O-].[K+].[K+]. The van der Waals surface area contributed by atoms with E-state index in [0.29, 0.717) is 21.5 Å². The van der Waals surface area contributed by atoms with Gasteiger partial charge in [0.15, 0.2) is 0 Å². The van der Waals surface area contributed by atoms with Gasteiger partial charge < -0.3 is 20.4 Å². The Bertz CT molecular complexity index is 1220. The molecule has 0 bridgehead atoms. The molecule has 144 valence electrons. The summed E-state index contributed by atoms with van der Waals surface area (Å²) in [4.78, 5) is 23.1. The van der Waals surface area contributed by atoms with Crippen LogP contribution in [0.3, 0.4) is 0 Å². The maximum atomic E-state index is 12.9. The van der Waals surface area contributed by atoms with Crippen LogP contribution in [0.1, 0.15) is 31.8 Å². The van der Waals surface area contributed by atoms with Gasteiger partial charge in [0, 0.05) is 0 Å². The molecule has 0 saturated heterocycles. The summed E-state index contributed by atoms with van der Waals surface area (Å²) in [5.74, 6) is -4.07. The van der Waals surface area contributed by atoms with Crippen molar-refractivity contribution in [2.45, 2.75) is 6.42 Å². The summed E-state index contributed by atoms with van der Waals surface area (Å²) in [6.07, 6.45) is -0.166. The number of rotatable bonds is 4. The van der Waals surface area contributed by atoms with Crippen LogP contribution < -0.4 is 113 Å². The molecular weight excluding hydrogens is 450 g/mol. The van der Waals surface area contributed by atoms with E-state index in [1.54, 1.807) is 48.5 Å². The molecule has 31 heavy (non-hydrogen) atoms. The number of fused-ring (bicyclic) bond motifs is 2. The van der Waals surface area contributed by atoms with Gasteiger partial charge in [-0.2, -0.15) is 0 Å². The van der Waals surface area contributed by atoms with Crippen LogP contribution in [-0.2, 0) is 6.42 Å². The van der Waals surface area contributed by atoms with E-state index in [2.05, 4.69) is 0 Å². The summed E-state index contributed by atoms with van der Waals surface area (Å²) in [7, 11) is 0. The Balaban J connectivity index is 0.00000171. The van der Waals surface area contributed by atoms with Gasteiger partial charge in [0.1, 0.15) is 0 Å². The van der Waals surface area contributed by atoms with Crippen molar-refractivity contribution < 1.29 is 133 Å². The molecule has 0 atom stereocenters. The molecule has 4 aromatic rings. The summed E-state index contributed by atoms with van der Waals surface area (Å²) in [5.41, 5.74) is -0.453. The van der Waals surface area contributed by atoms with Crippen LogP contribution in [0, 0.1) is 0 Å². The van der Waals surface area contributed by atoms with E-state index < -0.39 is 23.4 Å². The zero-order valence-electron chi connectivity index (χ0n) is 17.0. The van der Waals surface area contributed by atoms with Gasteiger partial charge in [-0.3, -0.25) is 0 Å².